The van der Waals surface area contributed by atoms with E-state index in [-0.39, 0.29) is 18.4 Å². The summed E-state index contributed by atoms with van der Waals surface area (Å²) < 4.78 is 11.0. The third kappa shape index (κ3) is 5.57. The number of allylic oxidation sites excluding steroid dienone is 1. The molecular weight excluding hydrogens is 464 g/mol. The lowest BCUT2D eigenvalue weighted by Crippen LogP contribution is -2.38. The first-order valence-electron chi connectivity index (χ1n) is 11.3. The van der Waals surface area contributed by atoms with Crippen LogP contribution in [0.4, 0.5) is 0 Å². The SMILES string of the molecule is COc1cccc(C2C(C(=O)OC(C)C)=C(C)N=C3SC=C(CC(=O)NCc4ccncc4)N32)c1. The Bertz CT molecular complexity index is 1210. The second-order valence-corrected chi connectivity index (χ2v) is 9.27. The van der Waals surface area contributed by atoms with E-state index in [2.05, 4.69) is 15.3 Å². The minimum absolute atomic E-state index is 0.128. The van der Waals surface area contributed by atoms with E-state index in [1.807, 2.05) is 67.5 Å². The van der Waals surface area contributed by atoms with Crippen molar-refractivity contribution in [3.63, 3.8) is 0 Å². The van der Waals surface area contributed by atoms with E-state index in [4.69, 9.17) is 9.47 Å². The Hall–Kier alpha value is -3.59. The lowest BCUT2D eigenvalue weighted by atomic mass is 9.93. The first-order chi connectivity index (χ1) is 16.9. The first kappa shape index (κ1) is 24.5. The molecule has 0 fully saturated rings. The Morgan fingerprint density at radius 2 is 1.97 bits per heavy atom. The number of carbonyl (C=O) groups is 2. The van der Waals surface area contributed by atoms with Gasteiger partial charge in [0.1, 0.15) is 5.75 Å². The van der Waals surface area contributed by atoms with Crippen LogP contribution in [0.5, 0.6) is 5.75 Å². The molecule has 35 heavy (non-hydrogen) atoms. The number of amides is 1. The third-order valence-corrected chi connectivity index (χ3v) is 6.44. The molecule has 1 aromatic heterocycles. The summed E-state index contributed by atoms with van der Waals surface area (Å²) in [7, 11) is 1.60. The van der Waals surface area contributed by atoms with Crippen LogP contribution in [-0.2, 0) is 20.9 Å². The monoisotopic (exact) mass is 492 g/mol. The summed E-state index contributed by atoms with van der Waals surface area (Å²) in [5.74, 6) is 0.122. The highest BCUT2D eigenvalue weighted by molar-refractivity contribution is 8.16. The van der Waals surface area contributed by atoms with E-state index in [1.54, 1.807) is 19.5 Å². The molecule has 0 saturated carbocycles. The summed E-state index contributed by atoms with van der Waals surface area (Å²) in [6, 6.07) is 10.8. The number of methoxy groups -OCH3 is 1. The number of hydrogen-bond acceptors (Lipinski definition) is 8. The van der Waals surface area contributed by atoms with Gasteiger partial charge in [0, 0.05) is 24.6 Å². The number of esters is 1. The molecular formula is C26H28N4O4S. The van der Waals surface area contributed by atoms with E-state index in [1.165, 1.54) is 11.8 Å². The minimum atomic E-state index is -0.502. The van der Waals surface area contributed by atoms with Gasteiger partial charge in [0.15, 0.2) is 5.17 Å². The van der Waals surface area contributed by atoms with Crippen LogP contribution in [0.3, 0.4) is 0 Å². The number of carbonyl (C=O) groups excluding carboxylic acids is 2. The van der Waals surface area contributed by atoms with Crippen molar-refractivity contribution in [2.45, 2.75) is 45.9 Å². The summed E-state index contributed by atoms with van der Waals surface area (Å²) in [4.78, 5) is 36.7. The van der Waals surface area contributed by atoms with E-state index in [0.717, 1.165) is 16.8 Å². The van der Waals surface area contributed by atoms with Crippen LogP contribution in [0.15, 0.2) is 76.2 Å². The van der Waals surface area contributed by atoms with Crippen LogP contribution in [-0.4, -0.2) is 40.1 Å². The fraction of sp³-hybridized carbons (Fsp3) is 0.308. The quantitative estimate of drug-likeness (QED) is 0.549. The summed E-state index contributed by atoms with van der Waals surface area (Å²) in [6.45, 7) is 5.85. The molecule has 9 heteroatoms. The standard InChI is InChI=1S/C26H28N4O4S/c1-16(2)34-25(32)23-17(3)29-26-30(24(23)19-6-5-7-21(12-19)33-4)20(15-35-26)13-22(31)28-14-18-8-10-27-11-9-18/h5-12,15-16,24H,13-14H2,1-4H3,(H,28,31). The molecule has 1 N–H and O–H groups in total. The van der Waals surface area contributed by atoms with Crippen molar-refractivity contribution >= 4 is 28.8 Å². The highest BCUT2D eigenvalue weighted by Gasteiger charge is 2.41. The fourth-order valence-electron chi connectivity index (χ4n) is 3.96. The van der Waals surface area contributed by atoms with Gasteiger partial charge in [-0.3, -0.25) is 9.78 Å². The van der Waals surface area contributed by atoms with E-state index >= 15 is 0 Å². The Labute approximate surface area is 209 Å². The Morgan fingerprint density at radius 3 is 2.69 bits per heavy atom. The number of amidine groups is 1. The number of ether oxygens (including phenoxy) is 2. The van der Waals surface area contributed by atoms with Crippen LogP contribution in [0.25, 0.3) is 0 Å². The topological polar surface area (TPSA) is 93.1 Å². The van der Waals surface area contributed by atoms with Crippen molar-refractivity contribution < 1.29 is 19.1 Å². The zero-order chi connectivity index (χ0) is 24.9. The van der Waals surface area contributed by atoms with Crippen molar-refractivity contribution in [2.75, 3.05) is 7.11 Å². The smallest absolute Gasteiger partial charge is 0.338 e. The molecule has 2 aliphatic rings. The van der Waals surface area contributed by atoms with Crippen molar-refractivity contribution in [2.24, 2.45) is 4.99 Å². The van der Waals surface area contributed by atoms with Gasteiger partial charge in [-0.15, -0.1) is 0 Å². The number of nitrogens with zero attached hydrogens (tertiary/aromatic N) is 3. The van der Waals surface area contributed by atoms with Crippen molar-refractivity contribution in [3.05, 3.63) is 82.3 Å². The molecule has 8 nitrogen and oxygen atoms in total. The van der Waals surface area contributed by atoms with Gasteiger partial charge in [-0.1, -0.05) is 23.9 Å². The predicted molar refractivity (Wildman–Crippen MR) is 135 cm³/mol. The van der Waals surface area contributed by atoms with Gasteiger partial charge < -0.3 is 19.7 Å². The molecule has 4 rings (SSSR count). The number of fused-ring (bicyclic) bond motifs is 1. The number of pyridine rings is 1. The summed E-state index contributed by atoms with van der Waals surface area (Å²) in [5, 5.41) is 5.59. The van der Waals surface area contributed by atoms with Crippen molar-refractivity contribution in [1.29, 1.82) is 0 Å². The normalized spacial score (nSPS) is 17.1. The van der Waals surface area contributed by atoms with Gasteiger partial charge in [0.25, 0.3) is 0 Å². The predicted octanol–water partition coefficient (Wildman–Crippen LogP) is 4.32. The van der Waals surface area contributed by atoms with Crippen LogP contribution < -0.4 is 10.1 Å². The van der Waals surface area contributed by atoms with Gasteiger partial charge in [-0.05, 0) is 61.6 Å². The van der Waals surface area contributed by atoms with Crippen LogP contribution in [0, 0.1) is 0 Å². The maximum atomic E-state index is 13.2. The lowest BCUT2D eigenvalue weighted by Gasteiger charge is -2.36. The molecule has 0 saturated heterocycles. The van der Waals surface area contributed by atoms with Gasteiger partial charge in [0.05, 0.1) is 36.9 Å². The third-order valence-electron chi connectivity index (χ3n) is 5.55. The number of benzene rings is 1. The van der Waals surface area contributed by atoms with E-state index in [9.17, 15) is 9.59 Å². The summed E-state index contributed by atoms with van der Waals surface area (Å²) in [6.07, 6.45) is 3.25. The van der Waals surface area contributed by atoms with E-state index < -0.39 is 12.0 Å². The van der Waals surface area contributed by atoms with Gasteiger partial charge in [-0.2, -0.15) is 0 Å². The number of nitrogens with one attached hydrogen (secondary N) is 1. The molecule has 0 bridgehead atoms. The zero-order valence-electron chi connectivity index (χ0n) is 20.1. The average Bonchev–Trinajstić information content (AvgIpc) is 3.23. The molecule has 182 valence electrons. The Kier molecular flexibility index (Phi) is 7.55. The molecule has 0 aliphatic carbocycles. The highest BCUT2D eigenvalue weighted by atomic mass is 32.2. The van der Waals surface area contributed by atoms with Gasteiger partial charge >= 0.3 is 5.97 Å². The molecule has 0 radical (unpaired) electrons. The number of rotatable bonds is 8. The minimum Gasteiger partial charge on any atom is -0.497 e. The van der Waals surface area contributed by atoms with Crippen LogP contribution >= 0.6 is 11.8 Å². The summed E-state index contributed by atoms with van der Waals surface area (Å²) >= 11 is 1.44. The molecule has 2 aromatic rings. The second kappa shape index (κ2) is 10.8. The number of aliphatic imine (C=N–C) groups is 1. The molecule has 2 aliphatic heterocycles. The van der Waals surface area contributed by atoms with Crippen LogP contribution in [0.2, 0.25) is 0 Å². The van der Waals surface area contributed by atoms with Crippen molar-refractivity contribution in [3.8, 4) is 5.75 Å². The molecule has 1 aromatic carbocycles. The van der Waals surface area contributed by atoms with Crippen LogP contribution in [0.1, 0.15) is 44.4 Å². The van der Waals surface area contributed by atoms with Crippen molar-refractivity contribution in [1.82, 2.24) is 15.2 Å². The Balaban J connectivity index is 1.63. The molecule has 1 atom stereocenters. The number of hydrogen-bond donors (Lipinski definition) is 1. The fourth-order valence-corrected chi connectivity index (χ4v) is 4.93. The van der Waals surface area contributed by atoms with E-state index in [0.29, 0.717) is 28.7 Å². The molecule has 1 unspecified atom stereocenters. The first-order valence-corrected chi connectivity index (χ1v) is 12.2. The highest BCUT2D eigenvalue weighted by Crippen LogP contribution is 2.45. The average molecular weight is 493 g/mol. The molecule has 0 spiro atoms. The largest absolute Gasteiger partial charge is 0.497 e. The zero-order valence-corrected chi connectivity index (χ0v) is 21.0. The lowest BCUT2D eigenvalue weighted by molar-refractivity contribution is -0.143. The summed E-state index contributed by atoms with van der Waals surface area (Å²) in [5.41, 5.74) is 3.61. The molecule has 3 heterocycles. The number of thioether (sulfide) groups is 1. The maximum absolute atomic E-state index is 13.2. The van der Waals surface area contributed by atoms with Gasteiger partial charge in [-0.25, -0.2) is 9.79 Å². The van der Waals surface area contributed by atoms with Gasteiger partial charge in [0.2, 0.25) is 5.91 Å². The second-order valence-electron chi connectivity index (χ2n) is 8.43. The Morgan fingerprint density at radius 1 is 1.20 bits per heavy atom. The number of aromatic nitrogens is 1. The maximum Gasteiger partial charge on any atom is 0.338 e. The molecule has 1 amide bonds.